The van der Waals surface area contributed by atoms with E-state index < -0.39 is 10.8 Å². The third kappa shape index (κ3) is 2.99. The predicted molar refractivity (Wildman–Crippen MR) is 78.1 cm³/mol. The molecule has 1 amide bonds. The van der Waals surface area contributed by atoms with Crippen LogP contribution in [-0.2, 0) is 0 Å². The molecule has 0 fully saturated rings. The third-order valence-electron chi connectivity index (χ3n) is 2.89. The topological polar surface area (TPSA) is 116 Å². The van der Waals surface area contributed by atoms with Crippen molar-refractivity contribution in [1.29, 1.82) is 0 Å². The number of benzene rings is 1. The van der Waals surface area contributed by atoms with E-state index in [9.17, 15) is 14.9 Å². The molecule has 1 aromatic heterocycles. The first kappa shape index (κ1) is 14.5. The molecule has 3 N–H and O–H groups in total. The van der Waals surface area contributed by atoms with E-state index in [1.165, 1.54) is 12.1 Å². The molecule has 110 valence electrons. The van der Waals surface area contributed by atoms with Gasteiger partial charge in [-0.15, -0.1) is 0 Å². The summed E-state index contributed by atoms with van der Waals surface area (Å²) >= 11 is 0. The molecule has 0 aliphatic rings. The van der Waals surface area contributed by atoms with Crippen LogP contribution in [0.4, 0.5) is 17.2 Å². The Morgan fingerprint density at radius 1 is 1.43 bits per heavy atom. The van der Waals surface area contributed by atoms with Crippen LogP contribution in [-0.4, -0.2) is 20.6 Å². The number of amides is 1. The number of nitrogens with one attached hydrogen (secondary N) is 1. The van der Waals surface area contributed by atoms with Gasteiger partial charge in [0.1, 0.15) is 11.5 Å². The van der Waals surface area contributed by atoms with Crippen molar-refractivity contribution >= 4 is 23.1 Å². The lowest BCUT2D eigenvalue weighted by Gasteiger charge is -2.11. The Morgan fingerprint density at radius 2 is 2.14 bits per heavy atom. The molecule has 0 aliphatic heterocycles. The molecule has 8 heteroatoms. The number of anilines is 2. The predicted octanol–water partition coefficient (Wildman–Crippen LogP) is 2.21. The van der Waals surface area contributed by atoms with Crippen LogP contribution in [0.15, 0.2) is 30.5 Å². The van der Waals surface area contributed by atoms with Crippen LogP contribution >= 0.6 is 0 Å². The summed E-state index contributed by atoms with van der Waals surface area (Å²) in [6, 6.07) is 5.67. The number of rotatable bonds is 4. The lowest BCUT2D eigenvalue weighted by Crippen LogP contribution is -2.17. The fourth-order valence-corrected chi connectivity index (χ4v) is 1.86. The highest BCUT2D eigenvalue weighted by Crippen LogP contribution is 2.23. The van der Waals surface area contributed by atoms with Gasteiger partial charge in [0.25, 0.3) is 11.6 Å². The zero-order valence-corrected chi connectivity index (χ0v) is 11.6. The van der Waals surface area contributed by atoms with Crippen LogP contribution in [0, 0.1) is 10.1 Å². The van der Waals surface area contributed by atoms with Gasteiger partial charge in [-0.25, -0.2) is 4.68 Å². The number of nitrogens with two attached hydrogens (primary N) is 1. The molecule has 0 bridgehead atoms. The van der Waals surface area contributed by atoms with Crippen molar-refractivity contribution in [2.24, 2.45) is 0 Å². The van der Waals surface area contributed by atoms with Crippen LogP contribution in [0.5, 0.6) is 0 Å². The van der Waals surface area contributed by atoms with E-state index in [4.69, 9.17) is 5.73 Å². The summed E-state index contributed by atoms with van der Waals surface area (Å²) in [5, 5.41) is 17.6. The zero-order valence-electron chi connectivity index (χ0n) is 11.6. The quantitative estimate of drug-likeness (QED) is 0.508. The Morgan fingerprint density at radius 3 is 2.76 bits per heavy atom. The average Bonchev–Trinajstić information content (AvgIpc) is 2.87. The second-order valence-corrected chi connectivity index (χ2v) is 4.74. The van der Waals surface area contributed by atoms with E-state index in [2.05, 4.69) is 10.4 Å². The Bertz CT molecular complexity index is 693. The smallest absolute Gasteiger partial charge is 0.292 e. The van der Waals surface area contributed by atoms with E-state index in [0.29, 0.717) is 5.82 Å². The van der Waals surface area contributed by atoms with Crippen molar-refractivity contribution in [3.8, 4) is 0 Å². The second kappa shape index (κ2) is 5.61. The average molecular weight is 289 g/mol. The molecule has 21 heavy (non-hydrogen) atoms. The first-order chi connectivity index (χ1) is 9.90. The number of carbonyl (C=O) groups is 1. The van der Waals surface area contributed by atoms with E-state index >= 15 is 0 Å². The van der Waals surface area contributed by atoms with Gasteiger partial charge in [-0.3, -0.25) is 14.9 Å². The van der Waals surface area contributed by atoms with Crippen molar-refractivity contribution in [3.05, 3.63) is 46.1 Å². The van der Waals surface area contributed by atoms with Gasteiger partial charge in [-0.2, -0.15) is 5.10 Å². The number of carbonyl (C=O) groups excluding carboxylic acids is 1. The molecule has 0 saturated carbocycles. The molecular formula is C13H15N5O3. The number of hydrogen-bond donors (Lipinski definition) is 2. The number of nitrogen functional groups attached to an aromatic ring is 1. The molecular weight excluding hydrogens is 274 g/mol. The molecule has 0 saturated heterocycles. The first-order valence-electron chi connectivity index (χ1n) is 6.29. The summed E-state index contributed by atoms with van der Waals surface area (Å²) < 4.78 is 1.64. The number of aromatic nitrogens is 2. The molecule has 8 nitrogen and oxygen atoms in total. The van der Waals surface area contributed by atoms with Crippen molar-refractivity contribution in [2.75, 3.05) is 11.1 Å². The normalized spacial score (nSPS) is 10.6. The summed E-state index contributed by atoms with van der Waals surface area (Å²) in [7, 11) is 0. The largest absolute Gasteiger partial charge is 0.393 e. The molecule has 1 heterocycles. The van der Waals surface area contributed by atoms with Gasteiger partial charge < -0.3 is 11.1 Å². The minimum atomic E-state index is -0.621. The molecule has 0 spiro atoms. The Balaban J connectivity index is 2.27. The third-order valence-corrected chi connectivity index (χ3v) is 2.89. The van der Waals surface area contributed by atoms with Crippen molar-refractivity contribution < 1.29 is 9.72 Å². The van der Waals surface area contributed by atoms with E-state index in [1.54, 1.807) is 16.9 Å². The van der Waals surface area contributed by atoms with E-state index in [1.807, 2.05) is 13.8 Å². The second-order valence-electron chi connectivity index (χ2n) is 4.74. The van der Waals surface area contributed by atoms with Crippen LogP contribution in [0.2, 0.25) is 0 Å². The van der Waals surface area contributed by atoms with Gasteiger partial charge in [0.15, 0.2) is 0 Å². The maximum Gasteiger partial charge on any atom is 0.292 e. The maximum absolute atomic E-state index is 12.2. The Hall–Kier alpha value is -2.90. The summed E-state index contributed by atoms with van der Waals surface area (Å²) in [5.41, 5.74) is 5.39. The number of nitrogens with zero attached hydrogens (tertiary/aromatic N) is 3. The molecule has 0 aliphatic carbocycles. The van der Waals surface area contributed by atoms with E-state index in [0.717, 1.165) is 6.07 Å². The molecule has 2 rings (SSSR count). The van der Waals surface area contributed by atoms with Gasteiger partial charge >= 0.3 is 0 Å². The fourth-order valence-electron chi connectivity index (χ4n) is 1.86. The number of nitro benzene ring substituents is 1. The van der Waals surface area contributed by atoms with Crippen molar-refractivity contribution in [2.45, 2.75) is 19.9 Å². The Kier molecular flexibility index (Phi) is 3.88. The summed E-state index contributed by atoms with van der Waals surface area (Å²) in [5.74, 6) is 0.0648. The lowest BCUT2D eigenvalue weighted by atomic mass is 10.1. The van der Waals surface area contributed by atoms with Crippen molar-refractivity contribution in [1.82, 2.24) is 9.78 Å². The molecule has 2 aromatic rings. The van der Waals surface area contributed by atoms with Gasteiger partial charge in [0, 0.05) is 23.7 Å². The minimum Gasteiger partial charge on any atom is -0.393 e. The monoisotopic (exact) mass is 289 g/mol. The number of hydrogen-bond acceptors (Lipinski definition) is 5. The van der Waals surface area contributed by atoms with Crippen molar-refractivity contribution in [3.63, 3.8) is 0 Å². The summed E-state index contributed by atoms with van der Waals surface area (Å²) in [6.45, 7) is 3.85. The SMILES string of the molecule is CC(C)n1nccc1NC(=O)c1ccc(N)c([N+](=O)[O-])c1. The van der Waals surface area contributed by atoms with Crippen LogP contribution < -0.4 is 11.1 Å². The van der Waals surface area contributed by atoms with E-state index in [-0.39, 0.29) is 23.0 Å². The molecule has 0 unspecified atom stereocenters. The van der Waals surface area contributed by atoms with Crippen LogP contribution in [0.3, 0.4) is 0 Å². The van der Waals surface area contributed by atoms with Gasteiger partial charge in [-0.1, -0.05) is 0 Å². The highest BCUT2D eigenvalue weighted by atomic mass is 16.6. The van der Waals surface area contributed by atoms with Crippen LogP contribution in [0.25, 0.3) is 0 Å². The van der Waals surface area contributed by atoms with Gasteiger partial charge in [0.2, 0.25) is 0 Å². The highest BCUT2D eigenvalue weighted by molar-refractivity contribution is 6.04. The molecule has 0 radical (unpaired) electrons. The van der Waals surface area contributed by atoms with Gasteiger partial charge in [0.05, 0.1) is 11.1 Å². The molecule has 1 aromatic carbocycles. The first-order valence-corrected chi connectivity index (χ1v) is 6.29. The fraction of sp³-hybridized carbons (Fsp3) is 0.231. The summed E-state index contributed by atoms with van der Waals surface area (Å²) in [6.07, 6.45) is 1.57. The maximum atomic E-state index is 12.2. The molecule has 0 atom stereocenters. The lowest BCUT2D eigenvalue weighted by molar-refractivity contribution is -0.383. The van der Waals surface area contributed by atoms with Crippen LogP contribution in [0.1, 0.15) is 30.2 Å². The standard InChI is InChI=1S/C13H15N5O3/c1-8(2)17-12(5-6-15-17)16-13(19)9-3-4-10(14)11(7-9)18(20)21/h3-8H,14H2,1-2H3,(H,16,19). The minimum absolute atomic E-state index is 0.0174. The Labute approximate surface area is 120 Å². The van der Waals surface area contributed by atoms with Gasteiger partial charge in [-0.05, 0) is 26.0 Å². The highest BCUT2D eigenvalue weighted by Gasteiger charge is 2.17. The summed E-state index contributed by atoms with van der Waals surface area (Å²) in [4.78, 5) is 22.4. The zero-order chi connectivity index (χ0) is 15.6. The number of nitro groups is 1.